The van der Waals surface area contributed by atoms with E-state index >= 15 is 0 Å². The third-order valence-electron chi connectivity index (χ3n) is 2.96. The normalized spacial score (nSPS) is 11.7. The molecule has 0 saturated heterocycles. The maximum Gasteiger partial charge on any atom is 0.191 e. The summed E-state index contributed by atoms with van der Waals surface area (Å²) in [7, 11) is 0. The molecule has 2 N–H and O–H groups in total. The highest BCUT2D eigenvalue weighted by atomic mass is 32.1. The fourth-order valence-electron chi connectivity index (χ4n) is 1.79. The molecule has 7 heteroatoms. The molecule has 132 valence electrons. The van der Waals surface area contributed by atoms with Gasteiger partial charge in [-0.1, -0.05) is 13.3 Å². The van der Waals surface area contributed by atoms with Crippen molar-refractivity contribution in [2.75, 3.05) is 39.5 Å². The second kappa shape index (κ2) is 13.3. The van der Waals surface area contributed by atoms with Crippen molar-refractivity contribution in [2.45, 2.75) is 40.2 Å². The Hall–Kier alpha value is -1.18. The summed E-state index contributed by atoms with van der Waals surface area (Å²) in [5.74, 6) is 0.807. The Morgan fingerprint density at radius 1 is 1.17 bits per heavy atom. The van der Waals surface area contributed by atoms with Crippen LogP contribution in [0.25, 0.3) is 0 Å². The summed E-state index contributed by atoms with van der Waals surface area (Å²) in [6.07, 6.45) is 4.16. The molecule has 0 bridgehead atoms. The van der Waals surface area contributed by atoms with E-state index in [0.717, 1.165) is 37.1 Å². The van der Waals surface area contributed by atoms with Gasteiger partial charge in [0.1, 0.15) is 0 Å². The fourth-order valence-corrected chi connectivity index (χ4v) is 2.51. The zero-order valence-corrected chi connectivity index (χ0v) is 15.4. The Morgan fingerprint density at radius 2 is 1.96 bits per heavy atom. The molecule has 0 aliphatic heterocycles. The maximum absolute atomic E-state index is 5.53. The predicted octanol–water partition coefficient (Wildman–Crippen LogP) is 2.34. The lowest BCUT2D eigenvalue weighted by molar-refractivity contribution is 0.0487. The number of aliphatic imine (C=N–C) groups is 1. The van der Waals surface area contributed by atoms with Gasteiger partial charge >= 0.3 is 0 Å². The van der Waals surface area contributed by atoms with Gasteiger partial charge in [0.05, 0.1) is 31.4 Å². The first-order valence-electron chi connectivity index (χ1n) is 8.35. The van der Waals surface area contributed by atoms with Crippen molar-refractivity contribution in [3.63, 3.8) is 0 Å². The minimum Gasteiger partial charge on any atom is -0.379 e. The molecule has 1 rings (SSSR count). The number of hydrogen-bond donors (Lipinski definition) is 2. The van der Waals surface area contributed by atoms with E-state index in [0.29, 0.717) is 26.4 Å². The molecule has 0 aliphatic carbocycles. The highest BCUT2D eigenvalue weighted by Crippen LogP contribution is 2.12. The summed E-state index contributed by atoms with van der Waals surface area (Å²) in [5, 5.41) is 7.57. The number of hydrogen-bond acceptors (Lipinski definition) is 5. The molecular weight excluding hydrogens is 312 g/mol. The van der Waals surface area contributed by atoms with Gasteiger partial charge in [-0.05, 0) is 20.3 Å². The maximum atomic E-state index is 5.53. The molecule has 0 aromatic carbocycles. The third kappa shape index (κ3) is 10.3. The summed E-state index contributed by atoms with van der Waals surface area (Å²) >= 11 is 1.68. The van der Waals surface area contributed by atoms with Gasteiger partial charge in [0.15, 0.2) is 5.96 Å². The number of aryl methyl sites for hydroxylation is 1. The first-order valence-corrected chi connectivity index (χ1v) is 9.16. The quantitative estimate of drug-likeness (QED) is 0.347. The number of unbranched alkanes of at least 4 members (excludes halogenated alkanes) is 1. The van der Waals surface area contributed by atoms with Crippen LogP contribution in [0.3, 0.4) is 0 Å². The SMILES string of the molecule is CCCCOCCOCCNC(=NCc1cnc(C)s1)NCC. The molecule has 0 radical (unpaired) electrons. The van der Waals surface area contributed by atoms with Crippen molar-refractivity contribution >= 4 is 17.3 Å². The summed E-state index contributed by atoms with van der Waals surface area (Å²) in [4.78, 5) is 9.96. The van der Waals surface area contributed by atoms with Crippen LogP contribution in [0.15, 0.2) is 11.2 Å². The second-order valence-corrected chi connectivity index (χ2v) is 6.37. The average Bonchev–Trinajstić information content (AvgIpc) is 2.96. The first-order chi connectivity index (χ1) is 11.3. The predicted molar refractivity (Wildman–Crippen MR) is 96.2 cm³/mol. The molecule has 1 heterocycles. The van der Waals surface area contributed by atoms with E-state index in [1.807, 2.05) is 13.1 Å². The Morgan fingerprint density at radius 3 is 2.61 bits per heavy atom. The van der Waals surface area contributed by atoms with Crippen molar-refractivity contribution in [1.82, 2.24) is 15.6 Å². The molecule has 0 fully saturated rings. The molecule has 1 aromatic rings. The largest absolute Gasteiger partial charge is 0.379 e. The highest BCUT2D eigenvalue weighted by molar-refractivity contribution is 7.11. The summed E-state index contributed by atoms with van der Waals surface area (Å²) in [5.41, 5.74) is 0. The fraction of sp³-hybridized carbons (Fsp3) is 0.750. The summed E-state index contributed by atoms with van der Waals surface area (Å²) in [6, 6.07) is 0. The van der Waals surface area contributed by atoms with Gasteiger partial charge in [-0.2, -0.15) is 0 Å². The first kappa shape index (κ1) is 19.9. The van der Waals surface area contributed by atoms with Crippen LogP contribution < -0.4 is 10.6 Å². The van der Waals surface area contributed by atoms with Gasteiger partial charge in [-0.3, -0.25) is 0 Å². The Bertz CT molecular complexity index is 437. The number of nitrogens with one attached hydrogen (secondary N) is 2. The average molecular weight is 343 g/mol. The number of nitrogens with zero attached hydrogens (tertiary/aromatic N) is 2. The van der Waals surface area contributed by atoms with Crippen LogP contribution in [0, 0.1) is 6.92 Å². The van der Waals surface area contributed by atoms with Crippen LogP contribution >= 0.6 is 11.3 Å². The van der Waals surface area contributed by atoms with E-state index in [1.54, 1.807) is 11.3 Å². The molecular formula is C16H30N4O2S. The van der Waals surface area contributed by atoms with Crippen molar-refractivity contribution < 1.29 is 9.47 Å². The van der Waals surface area contributed by atoms with Gasteiger partial charge in [0, 0.05) is 30.8 Å². The molecule has 0 amide bonds. The second-order valence-electron chi connectivity index (χ2n) is 5.05. The highest BCUT2D eigenvalue weighted by Gasteiger charge is 2.00. The van der Waals surface area contributed by atoms with Crippen LogP contribution in [0.4, 0.5) is 0 Å². The lowest BCUT2D eigenvalue weighted by atomic mass is 10.4. The molecule has 0 spiro atoms. The van der Waals surface area contributed by atoms with Gasteiger partial charge in [0.25, 0.3) is 0 Å². The number of guanidine groups is 1. The molecule has 0 aliphatic rings. The zero-order chi connectivity index (χ0) is 16.8. The molecule has 0 atom stereocenters. The monoisotopic (exact) mass is 342 g/mol. The van der Waals surface area contributed by atoms with E-state index in [9.17, 15) is 0 Å². The lowest BCUT2D eigenvalue weighted by Gasteiger charge is -2.11. The molecule has 0 saturated carbocycles. The Balaban J connectivity index is 2.13. The third-order valence-corrected chi connectivity index (χ3v) is 3.86. The van der Waals surface area contributed by atoms with Gasteiger partial charge in [-0.25, -0.2) is 9.98 Å². The van der Waals surface area contributed by atoms with Crippen molar-refractivity contribution in [3.05, 3.63) is 16.1 Å². The minimum absolute atomic E-state index is 0.638. The molecule has 0 unspecified atom stereocenters. The molecule has 23 heavy (non-hydrogen) atoms. The van der Waals surface area contributed by atoms with Crippen LogP contribution in [0.2, 0.25) is 0 Å². The number of aromatic nitrogens is 1. The summed E-state index contributed by atoms with van der Waals surface area (Å²) in [6.45, 7) is 11.2. The van der Waals surface area contributed by atoms with E-state index in [-0.39, 0.29) is 0 Å². The smallest absolute Gasteiger partial charge is 0.191 e. The topological polar surface area (TPSA) is 67.8 Å². The van der Waals surface area contributed by atoms with Crippen LogP contribution in [-0.2, 0) is 16.0 Å². The minimum atomic E-state index is 0.638. The van der Waals surface area contributed by atoms with Crippen molar-refractivity contribution in [3.8, 4) is 0 Å². The zero-order valence-electron chi connectivity index (χ0n) is 14.6. The van der Waals surface area contributed by atoms with E-state index in [4.69, 9.17) is 9.47 Å². The van der Waals surface area contributed by atoms with Crippen molar-refractivity contribution in [2.24, 2.45) is 4.99 Å². The number of rotatable bonds is 12. The number of thiazole rings is 1. The van der Waals surface area contributed by atoms with E-state index < -0.39 is 0 Å². The van der Waals surface area contributed by atoms with Crippen LogP contribution in [0.5, 0.6) is 0 Å². The van der Waals surface area contributed by atoms with E-state index in [2.05, 4.69) is 34.5 Å². The molecule has 1 aromatic heterocycles. The Labute approximate surface area is 143 Å². The van der Waals surface area contributed by atoms with Gasteiger partial charge in [-0.15, -0.1) is 11.3 Å². The van der Waals surface area contributed by atoms with E-state index in [1.165, 1.54) is 11.3 Å². The van der Waals surface area contributed by atoms with Crippen LogP contribution in [0.1, 0.15) is 36.6 Å². The molecule has 6 nitrogen and oxygen atoms in total. The summed E-state index contributed by atoms with van der Waals surface area (Å²) < 4.78 is 11.0. The standard InChI is InChI=1S/C16H30N4O2S/c1-4-6-8-21-10-11-22-9-7-18-16(17-5-2)20-13-15-12-19-14(3)23-15/h12H,4-11,13H2,1-3H3,(H2,17,18,20). The van der Waals surface area contributed by atoms with Crippen molar-refractivity contribution in [1.29, 1.82) is 0 Å². The van der Waals surface area contributed by atoms with Crippen LogP contribution in [-0.4, -0.2) is 50.5 Å². The Kier molecular flexibility index (Phi) is 11.5. The van der Waals surface area contributed by atoms with Gasteiger partial charge < -0.3 is 20.1 Å². The number of ether oxygens (including phenoxy) is 2. The lowest BCUT2D eigenvalue weighted by Crippen LogP contribution is -2.39. The van der Waals surface area contributed by atoms with Gasteiger partial charge in [0.2, 0.25) is 0 Å².